The minimum Gasteiger partial charge on any atom is -0.444 e. The van der Waals surface area contributed by atoms with E-state index in [0.717, 1.165) is 0 Å². The molecule has 0 aliphatic carbocycles. The number of amides is 1. The lowest BCUT2D eigenvalue weighted by atomic mass is 9.90. The van der Waals surface area contributed by atoms with Gasteiger partial charge in [0.05, 0.1) is 18.8 Å². The third-order valence-electron chi connectivity index (χ3n) is 2.76. The molecule has 1 rings (SSSR count). The number of nitrogens with two attached hydrogens (primary N) is 1. The van der Waals surface area contributed by atoms with E-state index in [0.29, 0.717) is 26.1 Å². The van der Waals surface area contributed by atoms with E-state index in [4.69, 9.17) is 20.3 Å². The van der Waals surface area contributed by atoms with Crippen molar-refractivity contribution in [3.8, 4) is 0 Å². The summed E-state index contributed by atoms with van der Waals surface area (Å²) in [5.41, 5.74) is 4.68. The van der Waals surface area contributed by atoms with Crippen LogP contribution in [0.5, 0.6) is 0 Å². The third-order valence-corrected chi connectivity index (χ3v) is 2.76. The quantitative estimate of drug-likeness (QED) is 0.679. The summed E-state index contributed by atoms with van der Waals surface area (Å²) in [6.45, 7) is 6.29. The van der Waals surface area contributed by atoms with Crippen LogP contribution in [0.15, 0.2) is 0 Å². The molecule has 0 saturated carbocycles. The molecular formula is C12H24N2O4. The highest BCUT2D eigenvalue weighted by Crippen LogP contribution is 2.24. The van der Waals surface area contributed by atoms with Crippen LogP contribution in [-0.2, 0) is 9.47 Å². The van der Waals surface area contributed by atoms with Gasteiger partial charge in [-0.1, -0.05) is 0 Å². The van der Waals surface area contributed by atoms with Crippen molar-refractivity contribution in [2.75, 3.05) is 19.8 Å². The largest absolute Gasteiger partial charge is 0.444 e. The lowest BCUT2D eigenvalue weighted by Crippen LogP contribution is -2.53. The number of hydrogen-bond acceptors (Lipinski definition) is 5. The molecule has 1 saturated heterocycles. The molecule has 1 heterocycles. The molecule has 0 aromatic carbocycles. The Hall–Kier alpha value is -0.850. The number of ether oxygens (including phenoxy) is 2. The second-order valence-corrected chi connectivity index (χ2v) is 5.86. The first-order chi connectivity index (χ1) is 8.26. The van der Waals surface area contributed by atoms with Gasteiger partial charge >= 0.3 is 6.09 Å². The third kappa shape index (κ3) is 4.80. The average molecular weight is 260 g/mol. The first-order valence-corrected chi connectivity index (χ1v) is 6.22. The smallest absolute Gasteiger partial charge is 0.408 e. The molecule has 1 aliphatic heterocycles. The van der Waals surface area contributed by atoms with Crippen LogP contribution in [0.25, 0.3) is 0 Å². The zero-order valence-electron chi connectivity index (χ0n) is 11.4. The van der Waals surface area contributed by atoms with Gasteiger partial charge in [0.25, 0.3) is 0 Å². The summed E-state index contributed by atoms with van der Waals surface area (Å²) < 4.78 is 10.6. The number of nitrogens with one attached hydrogen (secondary N) is 1. The summed E-state index contributed by atoms with van der Waals surface area (Å²) in [4.78, 5) is 11.8. The van der Waals surface area contributed by atoms with E-state index in [1.54, 1.807) is 0 Å². The topological polar surface area (TPSA) is 93.8 Å². The van der Waals surface area contributed by atoms with Crippen LogP contribution >= 0.6 is 0 Å². The van der Waals surface area contributed by atoms with Crippen molar-refractivity contribution in [3.05, 3.63) is 0 Å². The van der Waals surface area contributed by atoms with Crippen molar-refractivity contribution in [1.29, 1.82) is 0 Å². The zero-order valence-corrected chi connectivity index (χ0v) is 11.4. The normalized spacial score (nSPS) is 25.8. The molecule has 1 fully saturated rings. The Morgan fingerprint density at radius 1 is 1.61 bits per heavy atom. The van der Waals surface area contributed by atoms with Crippen molar-refractivity contribution in [2.45, 2.75) is 50.8 Å². The van der Waals surface area contributed by atoms with Gasteiger partial charge in [0.1, 0.15) is 5.60 Å². The number of aliphatic hydroxyl groups excluding tert-OH is 1. The Balaban J connectivity index is 2.60. The summed E-state index contributed by atoms with van der Waals surface area (Å²) in [5.74, 6) is 0. The van der Waals surface area contributed by atoms with Crippen LogP contribution < -0.4 is 11.1 Å². The van der Waals surface area contributed by atoms with E-state index in [2.05, 4.69) is 5.32 Å². The number of aliphatic hydroxyl groups is 1. The van der Waals surface area contributed by atoms with E-state index in [1.807, 2.05) is 20.8 Å². The molecule has 1 amide bonds. The number of alkyl carbamates (subject to hydrolysis) is 1. The molecule has 6 heteroatoms. The van der Waals surface area contributed by atoms with Crippen molar-refractivity contribution in [1.82, 2.24) is 5.32 Å². The van der Waals surface area contributed by atoms with E-state index in [1.165, 1.54) is 0 Å². The SMILES string of the molecule is CC(C)(C)OC(=O)NC1(CC(N)CO)CCOC1. The summed E-state index contributed by atoms with van der Waals surface area (Å²) in [5, 5.41) is 11.9. The second-order valence-electron chi connectivity index (χ2n) is 5.86. The van der Waals surface area contributed by atoms with Crippen LogP contribution in [0.2, 0.25) is 0 Å². The van der Waals surface area contributed by atoms with Gasteiger partial charge < -0.3 is 25.6 Å². The molecule has 2 atom stereocenters. The summed E-state index contributed by atoms with van der Waals surface area (Å²) in [6, 6.07) is -0.373. The number of carbonyl (C=O) groups is 1. The standard InChI is InChI=1S/C12H24N2O4/c1-11(2,3)18-10(16)14-12(4-5-17-8-12)6-9(13)7-15/h9,15H,4-8,13H2,1-3H3,(H,14,16). The molecule has 0 bridgehead atoms. The second kappa shape index (κ2) is 5.86. The highest BCUT2D eigenvalue weighted by Gasteiger charge is 2.38. The van der Waals surface area contributed by atoms with Gasteiger partial charge in [-0.05, 0) is 33.6 Å². The molecule has 106 valence electrons. The average Bonchev–Trinajstić information content (AvgIpc) is 2.62. The predicted octanol–water partition coefficient (Wildman–Crippen LogP) is 0.380. The summed E-state index contributed by atoms with van der Waals surface area (Å²) in [6.07, 6.45) is 0.681. The Morgan fingerprint density at radius 3 is 2.72 bits per heavy atom. The molecule has 0 radical (unpaired) electrons. The van der Waals surface area contributed by atoms with Crippen molar-refractivity contribution >= 4 is 6.09 Å². The van der Waals surface area contributed by atoms with Crippen molar-refractivity contribution in [3.63, 3.8) is 0 Å². The highest BCUT2D eigenvalue weighted by molar-refractivity contribution is 5.68. The van der Waals surface area contributed by atoms with Gasteiger partial charge in [0, 0.05) is 12.6 Å². The maximum Gasteiger partial charge on any atom is 0.408 e. The van der Waals surface area contributed by atoms with Crippen molar-refractivity contribution < 1.29 is 19.4 Å². The molecule has 0 aromatic rings. The fourth-order valence-corrected chi connectivity index (χ4v) is 2.00. The summed E-state index contributed by atoms with van der Waals surface area (Å²) in [7, 11) is 0. The number of carbonyl (C=O) groups excluding carboxylic acids is 1. The van der Waals surface area contributed by atoms with Crippen molar-refractivity contribution in [2.24, 2.45) is 5.73 Å². The lowest BCUT2D eigenvalue weighted by molar-refractivity contribution is 0.0422. The van der Waals surface area contributed by atoms with Gasteiger partial charge in [-0.2, -0.15) is 0 Å². The molecule has 0 aromatic heterocycles. The Kier molecular flexibility index (Phi) is 4.95. The maximum atomic E-state index is 11.8. The van der Waals surface area contributed by atoms with Gasteiger partial charge in [0.2, 0.25) is 0 Å². The predicted molar refractivity (Wildman–Crippen MR) is 67.2 cm³/mol. The van der Waals surface area contributed by atoms with Gasteiger partial charge in [0.15, 0.2) is 0 Å². The molecule has 6 nitrogen and oxygen atoms in total. The Labute approximate surface area is 108 Å². The molecule has 18 heavy (non-hydrogen) atoms. The maximum absolute atomic E-state index is 11.8. The van der Waals surface area contributed by atoms with Crippen LogP contribution in [0, 0.1) is 0 Å². The van der Waals surface area contributed by atoms with Crippen LogP contribution in [0.4, 0.5) is 4.79 Å². The fourth-order valence-electron chi connectivity index (χ4n) is 2.00. The first-order valence-electron chi connectivity index (χ1n) is 6.22. The fraction of sp³-hybridized carbons (Fsp3) is 0.917. The van der Waals surface area contributed by atoms with Gasteiger partial charge in [-0.3, -0.25) is 0 Å². The zero-order chi connectivity index (χ0) is 13.8. The molecule has 1 aliphatic rings. The first kappa shape index (κ1) is 15.2. The monoisotopic (exact) mass is 260 g/mol. The van der Waals surface area contributed by atoms with Gasteiger partial charge in [-0.15, -0.1) is 0 Å². The molecular weight excluding hydrogens is 236 g/mol. The Bertz CT molecular complexity index is 282. The van der Waals surface area contributed by atoms with E-state index >= 15 is 0 Å². The number of hydrogen-bond donors (Lipinski definition) is 3. The minimum absolute atomic E-state index is 0.113. The van der Waals surface area contributed by atoms with Gasteiger partial charge in [-0.25, -0.2) is 4.79 Å². The van der Waals surface area contributed by atoms with E-state index in [9.17, 15) is 4.79 Å². The molecule has 4 N–H and O–H groups in total. The van der Waals surface area contributed by atoms with E-state index < -0.39 is 17.2 Å². The highest BCUT2D eigenvalue weighted by atomic mass is 16.6. The Morgan fingerprint density at radius 2 is 2.28 bits per heavy atom. The summed E-state index contributed by atoms with van der Waals surface area (Å²) >= 11 is 0. The van der Waals surface area contributed by atoms with Crippen LogP contribution in [0.1, 0.15) is 33.6 Å². The minimum atomic E-state index is -0.538. The molecule has 2 unspecified atom stereocenters. The van der Waals surface area contributed by atoms with Crippen LogP contribution in [-0.4, -0.2) is 48.2 Å². The van der Waals surface area contributed by atoms with Crippen LogP contribution in [0.3, 0.4) is 0 Å². The van der Waals surface area contributed by atoms with E-state index in [-0.39, 0.29) is 12.6 Å². The lowest BCUT2D eigenvalue weighted by Gasteiger charge is -2.32. The molecule has 0 spiro atoms. The number of rotatable bonds is 4.